The maximum atomic E-state index is 11.8. The van der Waals surface area contributed by atoms with Gasteiger partial charge in [-0.15, -0.1) is 0 Å². The minimum absolute atomic E-state index is 0.0237. The number of carboxylic acid groups (broad SMARTS) is 1. The summed E-state index contributed by atoms with van der Waals surface area (Å²) < 4.78 is 11.8. The summed E-state index contributed by atoms with van der Waals surface area (Å²) in [5, 5.41) is 20.3. The van der Waals surface area contributed by atoms with Gasteiger partial charge in [0.15, 0.2) is 0 Å². The van der Waals surface area contributed by atoms with E-state index in [-0.39, 0.29) is 12.2 Å². The van der Waals surface area contributed by atoms with Crippen LogP contribution in [0.15, 0.2) is 71.8 Å². The van der Waals surface area contributed by atoms with Gasteiger partial charge in [0.25, 0.3) is 5.34 Å². The van der Waals surface area contributed by atoms with Crippen molar-refractivity contribution in [3.63, 3.8) is 0 Å². The van der Waals surface area contributed by atoms with Crippen LogP contribution in [-0.4, -0.2) is 32.3 Å². The zero-order valence-corrected chi connectivity index (χ0v) is 16.2. The maximum absolute atomic E-state index is 11.8. The van der Waals surface area contributed by atoms with Crippen molar-refractivity contribution in [2.45, 2.75) is 16.8 Å². The second-order valence-electron chi connectivity index (χ2n) is 6.24. The van der Waals surface area contributed by atoms with Gasteiger partial charge in [-0.3, -0.25) is 4.79 Å². The Hall–Kier alpha value is -2.27. The molecule has 0 aliphatic rings. The third-order valence-electron chi connectivity index (χ3n) is 4.35. The summed E-state index contributed by atoms with van der Waals surface area (Å²) in [7, 11) is -1.16. The van der Waals surface area contributed by atoms with Crippen LogP contribution in [0.25, 0.3) is 10.9 Å². The van der Waals surface area contributed by atoms with Gasteiger partial charge in [0.2, 0.25) is 0 Å². The number of aliphatic hydroxyl groups is 1. The van der Waals surface area contributed by atoms with E-state index in [0.29, 0.717) is 5.03 Å². The largest absolute Gasteiger partial charge is 0.481 e. The summed E-state index contributed by atoms with van der Waals surface area (Å²) in [6.07, 6.45) is 0.105. The van der Waals surface area contributed by atoms with Crippen molar-refractivity contribution in [2.24, 2.45) is 5.92 Å². The first kappa shape index (κ1) is 19.5. The minimum Gasteiger partial charge on any atom is -0.481 e. The topological polar surface area (TPSA) is 87.5 Å². The lowest BCUT2D eigenvalue weighted by molar-refractivity contribution is -0.146. The van der Waals surface area contributed by atoms with Gasteiger partial charge in [-0.05, 0) is 24.1 Å². The highest BCUT2D eigenvalue weighted by molar-refractivity contribution is 7.99. The molecule has 0 fully saturated rings. The van der Waals surface area contributed by atoms with Crippen molar-refractivity contribution in [3.8, 4) is 0 Å². The van der Waals surface area contributed by atoms with Crippen LogP contribution in [0.3, 0.4) is 0 Å². The van der Waals surface area contributed by atoms with Crippen molar-refractivity contribution < 1.29 is 19.6 Å². The van der Waals surface area contributed by atoms with E-state index in [9.17, 15) is 19.6 Å². The van der Waals surface area contributed by atoms with Crippen LogP contribution in [0, 0.1) is 5.92 Å². The quantitative estimate of drug-likeness (QED) is 0.439. The summed E-state index contributed by atoms with van der Waals surface area (Å²) in [4.78, 5) is 16.3. The van der Waals surface area contributed by atoms with Crippen LogP contribution in [0.5, 0.6) is 0 Å². The number of rotatable bonds is 8. The number of thioether (sulfide) groups is 1. The molecule has 3 aromatic rings. The van der Waals surface area contributed by atoms with E-state index in [1.165, 1.54) is 11.8 Å². The minimum atomic E-state index is -1.85. The SMILES string of the molecule is O=[PH+]C(O)(CSc1ccc2ccccc2n1)C(Cc1ccccc1)C(=O)O. The zero-order chi connectivity index (χ0) is 19.3. The summed E-state index contributed by atoms with van der Waals surface area (Å²) in [5.41, 5.74) is 1.59. The first-order chi connectivity index (χ1) is 13.0. The van der Waals surface area contributed by atoms with Crippen LogP contribution in [0.4, 0.5) is 0 Å². The van der Waals surface area contributed by atoms with Gasteiger partial charge in [-0.2, -0.15) is 0 Å². The highest BCUT2D eigenvalue weighted by atomic mass is 32.2. The summed E-state index contributed by atoms with van der Waals surface area (Å²) >= 11 is 1.21. The molecule has 0 bridgehead atoms. The number of benzene rings is 2. The third-order valence-corrected chi connectivity index (χ3v) is 6.59. The molecule has 3 rings (SSSR count). The molecular weight excluding hydrogens is 381 g/mol. The monoisotopic (exact) mass is 400 g/mol. The molecule has 2 aromatic carbocycles. The Kier molecular flexibility index (Phi) is 6.22. The highest BCUT2D eigenvalue weighted by Gasteiger charge is 2.49. The Morgan fingerprint density at radius 2 is 1.78 bits per heavy atom. The molecular formula is C20H19NO4PS+. The smallest absolute Gasteiger partial charge is 0.361 e. The molecule has 0 aliphatic heterocycles. The van der Waals surface area contributed by atoms with E-state index in [2.05, 4.69) is 4.98 Å². The van der Waals surface area contributed by atoms with Crippen LogP contribution in [0.1, 0.15) is 5.56 Å². The lowest BCUT2D eigenvalue weighted by atomic mass is 9.94. The fourth-order valence-electron chi connectivity index (χ4n) is 2.82. The van der Waals surface area contributed by atoms with Crippen molar-refractivity contribution in [1.82, 2.24) is 4.98 Å². The van der Waals surface area contributed by atoms with Gasteiger partial charge in [-0.1, -0.05) is 70.9 Å². The molecule has 27 heavy (non-hydrogen) atoms. The molecule has 0 saturated heterocycles. The van der Waals surface area contributed by atoms with E-state index >= 15 is 0 Å². The predicted octanol–water partition coefficient (Wildman–Crippen LogP) is 3.98. The van der Waals surface area contributed by atoms with Gasteiger partial charge in [0.1, 0.15) is 5.92 Å². The first-order valence-electron chi connectivity index (χ1n) is 8.39. The molecule has 3 atom stereocenters. The lowest BCUT2D eigenvalue weighted by Gasteiger charge is -2.22. The Labute approximate surface area is 162 Å². The molecule has 0 amide bonds. The third kappa shape index (κ3) is 4.72. The van der Waals surface area contributed by atoms with E-state index < -0.39 is 25.7 Å². The number of aliphatic carboxylic acids is 1. The molecule has 2 N–H and O–H groups in total. The van der Waals surface area contributed by atoms with Crippen molar-refractivity contribution in [2.75, 3.05) is 5.75 Å². The Bertz CT molecular complexity index is 953. The number of nitrogens with zero attached hydrogens (tertiary/aromatic N) is 1. The summed E-state index contributed by atoms with van der Waals surface area (Å²) in [6, 6.07) is 20.4. The average Bonchev–Trinajstić information content (AvgIpc) is 2.70. The fraction of sp³-hybridized carbons (Fsp3) is 0.200. The molecule has 5 nitrogen and oxygen atoms in total. The van der Waals surface area contributed by atoms with Gasteiger partial charge < -0.3 is 10.2 Å². The van der Waals surface area contributed by atoms with E-state index in [0.717, 1.165) is 16.5 Å². The van der Waals surface area contributed by atoms with Crippen molar-refractivity contribution in [1.29, 1.82) is 0 Å². The number of hydrogen-bond acceptors (Lipinski definition) is 5. The van der Waals surface area contributed by atoms with Gasteiger partial charge >= 0.3 is 14.4 Å². The Morgan fingerprint density at radius 3 is 2.48 bits per heavy atom. The average molecular weight is 400 g/mol. The lowest BCUT2D eigenvalue weighted by Crippen LogP contribution is -2.41. The number of carbonyl (C=O) groups is 1. The molecule has 0 aliphatic carbocycles. The number of aromatic nitrogens is 1. The molecule has 3 unspecified atom stereocenters. The van der Waals surface area contributed by atoms with Crippen LogP contribution < -0.4 is 0 Å². The molecule has 1 aromatic heterocycles. The van der Waals surface area contributed by atoms with E-state index in [4.69, 9.17) is 0 Å². The fourth-order valence-corrected chi connectivity index (χ4v) is 4.54. The van der Waals surface area contributed by atoms with Crippen LogP contribution in [-0.2, 0) is 15.8 Å². The Morgan fingerprint density at radius 1 is 1.07 bits per heavy atom. The van der Waals surface area contributed by atoms with Crippen molar-refractivity contribution >= 4 is 37.1 Å². The number of pyridine rings is 1. The van der Waals surface area contributed by atoms with E-state index in [1.807, 2.05) is 42.5 Å². The number of hydrogen-bond donors (Lipinski definition) is 2. The molecule has 138 valence electrons. The molecule has 0 radical (unpaired) electrons. The second kappa shape index (κ2) is 8.61. The molecule has 1 heterocycles. The van der Waals surface area contributed by atoms with Crippen LogP contribution >= 0.6 is 20.2 Å². The number of para-hydroxylation sites is 1. The van der Waals surface area contributed by atoms with Gasteiger partial charge in [-0.25, -0.2) is 4.98 Å². The highest BCUT2D eigenvalue weighted by Crippen LogP contribution is 2.37. The second-order valence-corrected chi connectivity index (χ2v) is 8.30. The number of carboxylic acids is 1. The summed E-state index contributed by atoms with van der Waals surface area (Å²) in [5.74, 6) is -2.37. The first-order valence-corrected chi connectivity index (χ1v) is 10.3. The van der Waals surface area contributed by atoms with E-state index in [1.54, 1.807) is 24.3 Å². The maximum Gasteiger partial charge on any atom is 0.361 e. The predicted molar refractivity (Wildman–Crippen MR) is 108 cm³/mol. The normalized spacial score (nSPS) is 14.7. The summed E-state index contributed by atoms with van der Waals surface area (Å²) in [6.45, 7) is 0. The Balaban J connectivity index is 1.79. The molecule has 0 saturated carbocycles. The zero-order valence-electron chi connectivity index (χ0n) is 14.4. The molecule has 7 heteroatoms. The van der Waals surface area contributed by atoms with Gasteiger partial charge in [0, 0.05) is 5.39 Å². The van der Waals surface area contributed by atoms with Crippen LogP contribution in [0.2, 0.25) is 0 Å². The van der Waals surface area contributed by atoms with Crippen molar-refractivity contribution in [3.05, 3.63) is 72.3 Å². The standard InChI is InChI=1S/C20H18NO4PS/c22-19(23)16(12-14-6-2-1-3-7-14)20(24,26-25)13-27-18-11-10-15-8-4-5-9-17(15)21-18/h1-11,16,24H,12-13H2,(H,22,23)/p+1. The molecule has 0 spiro atoms. The van der Waals surface area contributed by atoms with Gasteiger partial charge in [0.05, 0.1) is 16.3 Å². The number of fused-ring (bicyclic) bond motifs is 1.